The first kappa shape index (κ1) is 15.1. The average Bonchev–Trinajstić information content (AvgIpc) is 2.29. The van der Waals surface area contributed by atoms with E-state index in [4.69, 9.17) is 11.6 Å². The molecule has 1 aliphatic rings. The topological polar surface area (TPSA) is 15.3 Å². The molecule has 1 heterocycles. The minimum atomic E-state index is -0.316. The Morgan fingerprint density at radius 2 is 2.16 bits per heavy atom. The van der Waals surface area contributed by atoms with Crippen LogP contribution in [0.2, 0.25) is 5.02 Å². The molecular weight excluding hydrogens is 331 g/mol. The molecule has 0 amide bonds. The van der Waals surface area contributed by atoms with Gasteiger partial charge in [0.05, 0.1) is 10.7 Å². The van der Waals surface area contributed by atoms with Gasteiger partial charge >= 0.3 is 0 Å². The van der Waals surface area contributed by atoms with Gasteiger partial charge in [0.15, 0.2) is 0 Å². The lowest BCUT2D eigenvalue weighted by Gasteiger charge is -2.42. The Labute approximate surface area is 127 Å². The fourth-order valence-electron chi connectivity index (χ4n) is 2.46. The molecule has 2 nitrogen and oxygen atoms in total. The quantitative estimate of drug-likeness (QED) is 0.866. The van der Waals surface area contributed by atoms with E-state index in [0.29, 0.717) is 27.5 Å². The second-order valence-corrected chi connectivity index (χ2v) is 6.74. The molecule has 1 aromatic rings. The van der Waals surface area contributed by atoms with Gasteiger partial charge in [-0.05, 0) is 40.9 Å². The Kier molecular flexibility index (Phi) is 4.75. The molecule has 1 N–H and O–H groups in total. The van der Waals surface area contributed by atoms with Gasteiger partial charge in [-0.3, -0.25) is 0 Å². The SMILES string of the molecule is CC(C)C1CN(c2c(Cl)cc(F)cc2Br)C(C)CN1. The van der Waals surface area contributed by atoms with E-state index in [1.54, 1.807) is 0 Å². The van der Waals surface area contributed by atoms with E-state index < -0.39 is 0 Å². The van der Waals surface area contributed by atoms with Gasteiger partial charge < -0.3 is 10.2 Å². The lowest BCUT2D eigenvalue weighted by Crippen LogP contribution is -2.57. The van der Waals surface area contributed by atoms with E-state index in [0.717, 1.165) is 18.8 Å². The zero-order valence-corrected chi connectivity index (χ0v) is 13.7. The van der Waals surface area contributed by atoms with Crippen LogP contribution in [0, 0.1) is 11.7 Å². The second kappa shape index (κ2) is 5.98. The summed E-state index contributed by atoms with van der Waals surface area (Å²) >= 11 is 9.66. The van der Waals surface area contributed by atoms with Gasteiger partial charge in [0, 0.05) is 29.6 Å². The summed E-state index contributed by atoms with van der Waals surface area (Å²) in [5.41, 5.74) is 0.891. The Balaban J connectivity index is 2.34. The molecule has 2 rings (SSSR count). The van der Waals surface area contributed by atoms with Crippen molar-refractivity contribution in [3.63, 3.8) is 0 Å². The van der Waals surface area contributed by atoms with Crippen molar-refractivity contribution >= 4 is 33.2 Å². The van der Waals surface area contributed by atoms with Crippen molar-refractivity contribution in [3.05, 3.63) is 27.4 Å². The van der Waals surface area contributed by atoms with Gasteiger partial charge in [-0.25, -0.2) is 4.39 Å². The highest BCUT2D eigenvalue weighted by Crippen LogP contribution is 2.37. The normalized spacial score (nSPS) is 24.1. The predicted molar refractivity (Wildman–Crippen MR) is 82.5 cm³/mol. The molecule has 0 radical (unpaired) electrons. The third kappa shape index (κ3) is 3.23. The molecule has 19 heavy (non-hydrogen) atoms. The van der Waals surface area contributed by atoms with Crippen LogP contribution in [0.25, 0.3) is 0 Å². The molecule has 0 saturated carbocycles. The monoisotopic (exact) mass is 348 g/mol. The molecule has 1 saturated heterocycles. The van der Waals surface area contributed by atoms with Gasteiger partial charge in [-0.15, -0.1) is 0 Å². The fraction of sp³-hybridized carbons (Fsp3) is 0.571. The number of nitrogens with one attached hydrogen (secondary N) is 1. The average molecular weight is 350 g/mol. The fourth-order valence-corrected chi connectivity index (χ4v) is 3.54. The maximum atomic E-state index is 13.3. The summed E-state index contributed by atoms with van der Waals surface area (Å²) < 4.78 is 14.0. The summed E-state index contributed by atoms with van der Waals surface area (Å²) in [6, 6.07) is 3.60. The summed E-state index contributed by atoms with van der Waals surface area (Å²) in [7, 11) is 0. The van der Waals surface area contributed by atoms with Crippen LogP contribution in [-0.2, 0) is 0 Å². The van der Waals surface area contributed by atoms with Gasteiger partial charge in [0.1, 0.15) is 5.82 Å². The number of rotatable bonds is 2. The van der Waals surface area contributed by atoms with E-state index in [9.17, 15) is 4.39 Å². The Morgan fingerprint density at radius 3 is 2.74 bits per heavy atom. The van der Waals surface area contributed by atoms with Crippen LogP contribution in [0.5, 0.6) is 0 Å². The van der Waals surface area contributed by atoms with Crippen molar-refractivity contribution in [2.24, 2.45) is 5.92 Å². The lowest BCUT2D eigenvalue weighted by molar-refractivity contribution is 0.336. The maximum absolute atomic E-state index is 13.3. The Morgan fingerprint density at radius 1 is 1.47 bits per heavy atom. The van der Waals surface area contributed by atoms with Gasteiger partial charge in [0.25, 0.3) is 0 Å². The lowest BCUT2D eigenvalue weighted by atomic mass is 9.99. The van der Waals surface area contributed by atoms with Crippen molar-refractivity contribution < 1.29 is 4.39 Å². The maximum Gasteiger partial charge on any atom is 0.125 e. The number of benzene rings is 1. The summed E-state index contributed by atoms with van der Waals surface area (Å²) in [5, 5.41) is 4.01. The highest BCUT2D eigenvalue weighted by Gasteiger charge is 2.29. The molecular formula is C14H19BrClFN2. The number of anilines is 1. The van der Waals surface area contributed by atoms with Crippen molar-refractivity contribution in [3.8, 4) is 0 Å². The molecule has 5 heteroatoms. The van der Waals surface area contributed by atoms with Crippen LogP contribution in [0.1, 0.15) is 20.8 Å². The first-order valence-corrected chi connectivity index (χ1v) is 7.71. The Hall–Kier alpha value is -0.320. The van der Waals surface area contributed by atoms with Crippen LogP contribution < -0.4 is 10.2 Å². The molecule has 1 aliphatic heterocycles. The van der Waals surface area contributed by atoms with Crippen LogP contribution >= 0.6 is 27.5 Å². The highest BCUT2D eigenvalue weighted by molar-refractivity contribution is 9.10. The number of hydrogen-bond acceptors (Lipinski definition) is 2. The number of nitrogens with zero attached hydrogens (tertiary/aromatic N) is 1. The smallest absolute Gasteiger partial charge is 0.125 e. The van der Waals surface area contributed by atoms with Crippen LogP contribution in [0.15, 0.2) is 16.6 Å². The predicted octanol–water partition coefficient (Wildman–Crippen LogP) is 4.06. The van der Waals surface area contributed by atoms with Gasteiger partial charge in [-0.2, -0.15) is 0 Å². The molecule has 1 fully saturated rings. The summed E-state index contributed by atoms with van der Waals surface area (Å²) in [6.07, 6.45) is 0. The third-order valence-electron chi connectivity index (χ3n) is 3.67. The van der Waals surface area contributed by atoms with E-state index in [-0.39, 0.29) is 5.82 Å². The minimum Gasteiger partial charge on any atom is -0.364 e. The van der Waals surface area contributed by atoms with Crippen molar-refractivity contribution in [1.82, 2.24) is 5.32 Å². The molecule has 0 aromatic heterocycles. The van der Waals surface area contributed by atoms with E-state index >= 15 is 0 Å². The number of hydrogen-bond donors (Lipinski definition) is 1. The van der Waals surface area contributed by atoms with E-state index in [1.165, 1.54) is 12.1 Å². The molecule has 0 bridgehead atoms. The first-order valence-electron chi connectivity index (χ1n) is 6.54. The molecule has 2 atom stereocenters. The van der Waals surface area contributed by atoms with Crippen molar-refractivity contribution in [2.45, 2.75) is 32.9 Å². The van der Waals surface area contributed by atoms with Crippen molar-refractivity contribution in [1.29, 1.82) is 0 Å². The van der Waals surface area contributed by atoms with Gasteiger partial charge in [0.2, 0.25) is 0 Å². The van der Waals surface area contributed by atoms with E-state index in [2.05, 4.69) is 46.9 Å². The summed E-state index contributed by atoms with van der Waals surface area (Å²) in [5.74, 6) is 0.233. The molecule has 0 spiro atoms. The molecule has 1 aromatic carbocycles. The van der Waals surface area contributed by atoms with Crippen LogP contribution in [0.4, 0.5) is 10.1 Å². The zero-order chi connectivity index (χ0) is 14.2. The number of halogens is 3. The third-order valence-corrected chi connectivity index (χ3v) is 4.57. The molecule has 2 unspecified atom stereocenters. The zero-order valence-electron chi connectivity index (χ0n) is 11.4. The molecule has 0 aliphatic carbocycles. The molecule has 106 valence electrons. The highest BCUT2D eigenvalue weighted by atomic mass is 79.9. The number of piperazine rings is 1. The van der Waals surface area contributed by atoms with Crippen molar-refractivity contribution in [2.75, 3.05) is 18.0 Å². The largest absolute Gasteiger partial charge is 0.364 e. The minimum absolute atomic E-state index is 0.316. The van der Waals surface area contributed by atoms with Crippen LogP contribution in [0.3, 0.4) is 0 Å². The summed E-state index contributed by atoms with van der Waals surface area (Å²) in [4.78, 5) is 2.26. The standard InChI is InChI=1S/C14H19BrClFN2/c1-8(2)13-7-19(9(3)6-18-13)14-11(15)4-10(17)5-12(14)16/h4-5,8-9,13,18H,6-7H2,1-3H3. The van der Waals surface area contributed by atoms with E-state index in [1.807, 2.05) is 0 Å². The second-order valence-electron chi connectivity index (χ2n) is 5.48. The first-order chi connectivity index (χ1) is 8.90. The Bertz CT molecular complexity index is 444. The summed E-state index contributed by atoms with van der Waals surface area (Å²) in [6.45, 7) is 8.34. The van der Waals surface area contributed by atoms with Gasteiger partial charge in [-0.1, -0.05) is 25.4 Å². The van der Waals surface area contributed by atoms with Crippen LogP contribution in [-0.4, -0.2) is 25.2 Å².